The van der Waals surface area contributed by atoms with Gasteiger partial charge in [-0.05, 0) is 25.0 Å². The first kappa shape index (κ1) is 11.6. The Morgan fingerprint density at radius 3 is 2.89 bits per heavy atom. The van der Waals surface area contributed by atoms with Gasteiger partial charge >= 0.3 is 0 Å². The maximum Gasteiger partial charge on any atom is 0.229 e. The van der Waals surface area contributed by atoms with Crippen LogP contribution in [0.15, 0.2) is 18.2 Å². The summed E-state index contributed by atoms with van der Waals surface area (Å²) in [5.74, 6) is -0.223. The Morgan fingerprint density at radius 1 is 1.39 bits per heavy atom. The average Bonchev–Trinajstić information content (AvgIpc) is 2.97. The van der Waals surface area contributed by atoms with Gasteiger partial charge in [0.2, 0.25) is 5.91 Å². The first-order valence-corrected chi connectivity index (χ1v) is 6.91. The van der Waals surface area contributed by atoms with Crippen molar-refractivity contribution in [3.8, 4) is 0 Å². The van der Waals surface area contributed by atoms with Crippen molar-refractivity contribution in [1.82, 2.24) is 4.98 Å². The molecule has 0 atom stereocenters. The molecule has 0 aliphatic heterocycles. The second-order valence-corrected chi connectivity index (χ2v) is 5.61. The number of nitrogens with one attached hydrogen (secondary N) is 1. The van der Waals surface area contributed by atoms with Crippen molar-refractivity contribution in [2.45, 2.75) is 25.7 Å². The van der Waals surface area contributed by atoms with Crippen LogP contribution in [-0.4, -0.2) is 10.9 Å². The van der Waals surface area contributed by atoms with E-state index in [1.807, 2.05) is 0 Å². The lowest BCUT2D eigenvalue weighted by Gasteiger charge is -2.06. The van der Waals surface area contributed by atoms with Crippen LogP contribution in [0.4, 0.5) is 9.52 Å². The van der Waals surface area contributed by atoms with Gasteiger partial charge in [-0.25, -0.2) is 9.37 Å². The van der Waals surface area contributed by atoms with Crippen LogP contribution in [0.2, 0.25) is 0 Å². The second kappa shape index (κ2) is 4.65. The fraction of sp³-hybridized carbons (Fsp3) is 0.385. The molecule has 1 heterocycles. The Kier molecular flexibility index (Phi) is 2.99. The summed E-state index contributed by atoms with van der Waals surface area (Å²) in [7, 11) is 0. The van der Waals surface area contributed by atoms with Crippen LogP contribution in [0.5, 0.6) is 0 Å². The topological polar surface area (TPSA) is 42.0 Å². The fourth-order valence-corrected chi connectivity index (χ4v) is 3.25. The average molecular weight is 264 g/mol. The van der Waals surface area contributed by atoms with Crippen LogP contribution in [0.3, 0.4) is 0 Å². The number of carbonyl (C=O) groups excluding carboxylic acids is 1. The van der Waals surface area contributed by atoms with Crippen molar-refractivity contribution in [2.75, 3.05) is 5.32 Å². The number of hydrogen-bond acceptors (Lipinski definition) is 3. The molecule has 2 aromatic rings. The van der Waals surface area contributed by atoms with E-state index in [4.69, 9.17) is 0 Å². The summed E-state index contributed by atoms with van der Waals surface area (Å²) < 4.78 is 14.2. The van der Waals surface area contributed by atoms with Crippen LogP contribution in [0.1, 0.15) is 25.7 Å². The molecule has 0 radical (unpaired) electrons. The molecule has 1 aromatic carbocycles. The molecule has 1 aromatic heterocycles. The Morgan fingerprint density at radius 2 is 2.17 bits per heavy atom. The van der Waals surface area contributed by atoms with Crippen molar-refractivity contribution >= 4 is 32.6 Å². The number of amides is 1. The molecule has 1 aliphatic rings. The maximum atomic E-state index is 13.5. The van der Waals surface area contributed by atoms with Gasteiger partial charge in [0, 0.05) is 5.92 Å². The number of fused-ring (bicyclic) bond motifs is 1. The van der Waals surface area contributed by atoms with Gasteiger partial charge in [0.15, 0.2) is 5.13 Å². The Balaban J connectivity index is 1.82. The lowest BCUT2D eigenvalue weighted by Crippen LogP contribution is -2.20. The summed E-state index contributed by atoms with van der Waals surface area (Å²) in [5, 5.41) is 3.29. The normalized spacial score (nSPS) is 16.3. The van der Waals surface area contributed by atoms with Gasteiger partial charge in [-0.2, -0.15) is 0 Å². The summed E-state index contributed by atoms with van der Waals surface area (Å²) in [6.45, 7) is 0. The molecule has 3 nitrogen and oxygen atoms in total. The number of rotatable bonds is 2. The third-order valence-electron chi connectivity index (χ3n) is 3.33. The standard InChI is InChI=1S/C13H13FN2OS/c14-9-6-3-7-10-11(9)15-13(18-10)16-12(17)8-4-1-2-5-8/h3,6-8H,1-2,4-5H2,(H,15,16,17). The van der Waals surface area contributed by atoms with E-state index in [0.29, 0.717) is 10.6 Å². The lowest BCUT2D eigenvalue weighted by molar-refractivity contribution is -0.119. The molecular formula is C13H13FN2OS. The molecule has 1 saturated carbocycles. The molecule has 1 N–H and O–H groups in total. The van der Waals surface area contributed by atoms with Gasteiger partial charge in [-0.1, -0.05) is 30.2 Å². The SMILES string of the molecule is O=C(Nc1nc2c(F)cccc2s1)C1CCCC1. The molecule has 94 valence electrons. The highest BCUT2D eigenvalue weighted by atomic mass is 32.1. The molecule has 0 spiro atoms. The van der Waals surface area contributed by atoms with Gasteiger partial charge in [0.25, 0.3) is 0 Å². The van der Waals surface area contributed by atoms with Crippen molar-refractivity contribution in [3.63, 3.8) is 0 Å². The maximum absolute atomic E-state index is 13.5. The zero-order valence-corrected chi connectivity index (χ0v) is 10.6. The molecular weight excluding hydrogens is 251 g/mol. The summed E-state index contributed by atoms with van der Waals surface area (Å²) in [6.07, 6.45) is 4.13. The molecule has 1 fully saturated rings. The van der Waals surface area contributed by atoms with Crippen LogP contribution < -0.4 is 5.32 Å². The molecule has 3 rings (SSSR count). The Labute approximate surface area is 108 Å². The van der Waals surface area contributed by atoms with Gasteiger partial charge in [-0.15, -0.1) is 0 Å². The van der Waals surface area contributed by atoms with E-state index in [0.717, 1.165) is 30.4 Å². The number of halogens is 1. The van der Waals surface area contributed by atoms with E-state index in [2.05, 4.69) is 10.3 Å². The fourth-order valence-electron chi connectivity index (χ4n) is 2.36. The number of thiazole rings is 1. The van der Waals surface area contributed by atoms with Crippen molar-refractivity contribution in [1.29, 1.82) is 0 Å². The minimum atomic E-state index is -0.342. The van der Waals surface area contributed by atoms with Gasteiger partial charge in [0.1, 0.15) is 11.3 Å². The van der Waals surface area contributed by atoms with Gasteiger partial charge in [0.05, 0.1) is 4.70 Å². The van der Waals surface area contributed by atoms with Crippen molar-refractivity contribution in [3.05, 3.63) is 24.0 Å². The van der Waals surface area contributed by atoms with Crippen LogP contribution in [0, 0.1) is 11.7 Å². The summed E-state index contributed by atoms with van der Waals surface area (Å²) in [4.78, 5) is 16.1. The zero-order chi connectivity index (χ0) is 12.5. The quantitative estimate of drug-likeness (QED) is 0.901. The number of benzene rings is 1. The minimum absolute atomic E-state index is 0.0203. The number of aromatic nitrogens is 1. The molecule has 0 bridgehead atoms. The molecule has 5 heteroatoms. The third kappa shape index (κ3) is 2.10. The van der Waals surface area contributed by atoms with E-state index in [-0.39, 0.29) is 17.6 Å². The number of anilines is 1. The van der Waals surface area contributed by atoms with E-state index in [1.165, 1.54) is 17.4 Å². The number of nitrogens with zero attached hydrogens (tertiary/aromatic N) is 1. The van der Waals surface area contributed by atoms with Crippen molar-refractivity contribution in [2.24, 2.45) is 5.92 Å². The zero-order valence-electron chi connectivity index (χ0n) is 9.78. The number of hydrogen-bond donors (Lipinski definition) is 1. The number of carbonyl (C=O) groups is 1. The van der Waals surface area contributed by atoms with Crippen LogP contribution >= 0.6 is 11.3 Å². The Bertz CT molecular complexity index is 590. The second-order valence-electron chi connectivity index (χ2n) is 4.58. The lowest BCUT2D eigenvalue weighted by atomic mass is 10.1. The Hall–Kier alpha value is -1.49. The third-order valence-corrected chi connectivity index (χ3v) is 4.26. The summed E-state index contributed by atoms with van der Waals surface area (Å²) >= 11 is 1.32. The summed E-state index contributed by atoms with van der Waals surface area (Å²) in [5.41, 5.74) is 0.337. The first-order valence-electron chi connectivity index (χ1n) is 6.10. The van der Waals surface area contributed by atoms with E-state index in [9.17, 15) is 9.18 Å². The molecule has 0 saturated heterocycles. The molecule has 0 unspecified atom stereocenters. The first-order chi connectivity index (χ1) is 8.74. The van der Waals surface area contributed by atoms with Crippen LogP contribution in [-0.2, 0) is 4.79 Å². The monoisotopic (exact) mass is 264 g/mol. The van der Waals surface area contributed by atoms with E-state index >= 15 is 0 Å². The highest BCUT2D eigenvalue weighted by molar-refractivity contribution is 7.22. The van der Waals surface area contributed by atoms with E-state index < -0.39 is 0 Å². The van der Waals surface area contributed by atoms with Crippen molar-refractivity contribution < 1.29 is 9.18 Å². The summed E-state index contributed by atoms with van der Waals surface area (Å²) in [6, 6.07) is 4.84. The molecule has 1 amide bonds. The predicted molar refractivity (Wildman–Crippen MR) is 70.2 cm³/mol. The highest BCUT2D eigenvalue weighted by Gasteiger charge is 2.23. The molecule has 1 aliphatic carbocycles. The predicted octanol–water partition coefficient (Wildman–Crippen LogP) is 3.56. The van der Waals surface area contributed by atoms with E-state index in [1.54, 1.807) is 12.1 Å². The largest absolute Gasteiger partial charge is 0.302 e. The smallest absolute Gasteiger partial charge is 0.229 e. The van der Waals surface area contributed by atoms with Gasteiger partial charge < -0.3 is 5.32 Å². The molecule has 18 heavy (non-hydrogen) atoms. The highest BCUT2D eigenvalue weighted by Crippen LogP contribution is 2.30. The van der Waals surface area contributed by atoms with Crippen LogP contribution in [0.25, 0.3) is 10.2 Å². The van der Waals surface area contributed by atoms with Gasteiger partial charge in [-0.3, -0.25) is 4.79 Å². The minimum Gasteiger partial charge on any atom is -0.302 e. The number of para-hydroxylation sites is 1.